The van der Waals surface area contributed by atoms with Crippen LogP contribution in [0.3, 0.4) is 0 Å². The van der Waals surface area contributed by atoms with Crippen LogP contribution < -0.4 is 4.65 Å². The quantitative estimate of drug-likeness (QED) is 0.146. The van der Waals surface area contributed by atoms with E-state index in [-0.39, 0.29) is 0 Å². The largest absolute Gasteiger partial charge is 0.569 e. The minimum absolute atomic E-state index is 0.609. The van der Waals surface area contributed by atoms with Crippen LogP contribution in [0.2, 0.25) is 0 Å². The third kappa shape index (κ3) is 10.2. The molecule has 1 N–H and O–H groups in total. The van der Waals surface area contributed by atoms with E-state index in [1.54, 1.807) is 0 Å². The number of rotatable bonds is 9. The number of hydrogen-bond acceptors (Lipinski definition) is 2. The van der Waals surface area contributed by atoms with Gasteiger partial charge >= 0.3 is 7.69 Å². The fourth-order valence-corrected chi connectivity index (χ4v) is 13.8. The lowest BCUT2D eigenvalue weighted by Gasteiger charge is -2.10. The molecule has 0 fully saturated rings. The van der Waals surface area contributed by atoms with Gasteiger partial charge in [0.2, 0.25) is 0 Å². The maximum absolute atomic E-state index is 8.96. The average Bonchev–Trinajstić information content (AvgIpc) is 1.80. The Morgan fingerprint density at radius 3 is 0.880 bits per heavy atom. The van der Waals surface area contributed by atoms with E-state index in [0.29, 0.717) is 13.4 Å². The van der Waals surface area contributed by atoms with Gasteiger partial charge in [-0.3, -0.25) is 0 Å². The van der Waals surface area contributed by atoms with Crippen LogP contribution >= 0.6 is 15.9 Å². The number of fused-ring (bicyclic) bond motifs is 12. The number of aromatic nitrogens is 4. The van der Waals surface area contributed by atoms with Gasteiger partial charge in [0.1, 0.15) is 5.75 Å². The Morgan fingerprint density at radius 1 is 0.228 bits per heavy atom. The second-order valence-electron chi connectivity index (χ2n) is 22.9. The van der Waals surface area contributed by atoms with E-state index >= 15 is 0 Å². The zero-order valence-electron chi connectivity index (χ0n) is 49.9. The van der Waals surface area contributed by atoms with Crippen molar-refractivity contribution >= 4 is 111 Å². The predicted molar refractivity (Wildman–Crippen MR) is 389 cm³/mol. The van der Waals surface area contributed by atoms with Crippen molar-refractivity contribution in [3.8, 4) is 61.9 Å². The van der Waals surface area contributed by atoms with E-state index < -0.39 is 0 Å². The van der Waals surface area contributed by atoms with Crippen LogP contribution in [0.4, 0.5) is 0 Å². The fraction of sp³-hybridized carbons (Fsp3) is 0. The van der Waals surface area contributed by atoms with Gasteiger partial charge in [0.15, 0.2) is 0 Å². The molecule has 435 valence electrons. The zero-order chi connectivity index (χ0) is 61.5. The van der Waals surface area contributed by atoms with Crippen molar-refractivity contribution in [2.24, 2.45) is 0 Å². The highest BCUT2D eigenvalue weighted by Gasteiger charge is 2.18. The Hall–Kier alpha value is -11.4. The molecule has 14 aromatic carbocycles. The Bertz CT molecular complexity index is 5700. The number of benzene rings is 14. The van der Waals surface area contributed by atoms with Crippen molar-refractivity contribution in [1.29, 1.82) is 0 Å². The SMILES string of the molecule is Brc1ccc2c(c1)c1ccccc1n2-c1ccccc1.O[B]Oc1ccc2c(c1)c1ccccc1n2-c1ccc(-c2ccccc2)cc1.c1ccc(-c2ccc(-n3c4ccccc4c4cc(-c5ccc6c(c5)c5ccccc5n6-c5ccccc5)ccc43)cc2)cc1. The Morgan fingerprint density at radius 2 is 0.500 bits per heavy atom. The van der Waals surface area contributed by atoms with Crippen molar-refractivity contribution in [2.75, 3.05) is 0 Å². The molecule has 0 saturated heterocycles. The van der Waals surface area contributed by atoms with Crippen LogP contribution in [0.15, 0.2) is 344 Å². The molecular formula is C84H57BBrN4O2. The molecule has 6 nitrogen and oxygen atoms in total. The van der Waals surface area contributed by atoms with Crippen molar-refractivity contribution < 1.29 is 9.68 Å². The highest BCUT2D eigenvalue weighted by molar-refractivity contribution is 9.10. The lowest BCUT2D eigenvalue weighted by Crippen LogP contribution is -1.99. The van der Waals surface area contributed by atoms with E-state index in [0.717, 1.165) is 32.0 Å². The molecule has 0 amide bonds. The van der Waals surface area contributed by atoms with Gasteiger partial charge in [-0.15, -0.1) is 0 Å². The Labute approximate surface area is 541 Å². The molecule has 0 atom stereocenters. The van der Waals surface area contributed by atoms with Crippen LogP contribution in [0.1, 0.15) is 0 Å². The monoisotopic (exact) mass is 1240 g/mol. The van der Waals surface area contributed by atoms with E-state index in [1.807, 2.05) is 36.4 Å². The molecule has 0 unspecified atom stereocenters. The third-order valence-corrected chi connectivity index (χ3v) is 18.1. The molecule has 8 heteroatoms. The standard InChI is InChI=1S/C42H28N2.C24H17BNO2.C18H12BrN/c1-3-11-29(12-4-1)30-19-23-34(24-20-30)44-40-18-10-8-16-36(40)38-28-32(22-26-42(38)44)31-21-25-41-37(27-31)35-15-7-9-17-39(35)43(41)33-13-5-2-6-14-33;27-25-28-20-14-15-24-22(16-20)21-8-4-5-9-23(21)26(24)19-12-10-18(11-13-19)17-6-2-1-3-7-17;19-13-10-11-18-16(12-13)15-8-4-5-9-17(15)20(18)14-6-2-1-3-7-14/h1-28H;1-16,27H;1-12H. The minimum Gasteiger partial charge on any atom is -0.537 e. The number of nitrogens with zero attached hydrogens (tertiary/aromatic N) is 4. The maximum atomic E-state index is 8.96. The molecular weight excluding hydrogens is 1190 g/mol. The predicted octanol–water partition coefficient (Wildman–Crippen LogP) is 22.1. The third-order valence-electron chi connectivity index (χ3n) is 17.6. The maximum Gasteiger partial charge on any atom is 0.569 e. The van der Waals surface area contributed by atoms with Crippen LogP contribution in [-0.2, 0) is 0 Å². The summed E-state index contributed by atoms with van der Waals surface area (Å²) < 4.78 is 15.6. The van der Waals surface area contributed by atoms with E-state index in [9.17, 15) is 0 Å². The van der Waals surface area contributed by atoms with Crippen molar-refractivity contribution in [2.45, 2.75) is 0 Å². The van der Waals surface area contributed by atoms with Crippen LogP contribution in [-0.4, -0.2) is 31.0 Å². The summed E-state index contributed by atoms with van der Waals surface area (Å²) in [4.78, 5) is 0. The average molecular weight is 1250 g/mol. The summed E-state index contributed by atoms with van der Waals surface area (Å²) in [6.45, 7) is 0. The number of para-hydroxylation sites is 6. The molecule has 0 bridgehead atoms. The Kier molecular flexibility index (Phi) is 14.7. The van der Waals surface area contributed by atoms with Gasteiger partial charge in [0, 0.05) is 70.3 Å². The highest BCUT2D eigenvalue weighted by Crippen LogP contribution is 2.40. The normalized spacial score (nSPS) is 11.4. The first-order valence-corrected chi connectivity index (χ1v) is 31.7. The highest BCUT2D eigenvalue weighted by atomic mass is 79.9. The number of hydrogen-bond donors (Lipinski definition) is 1. The zero-order valence-corrected chi connectivity index (χ0v) is 51.5. The number of halogens is 1. The topological polar surface area (TPSA) is 49.2 Å². The first-order chi connectivity index (χ1) is 45.5. The lowest BCUT2D eigenvalue weighted by molar-refractivity contribution is 0.454. The summed E-state index contributed by atoms with van der Waals surface area (Å²) in [6, 6.07) is 120. The van der Waals surface area contributed by atoms with Crippen LogP contribution in [0.25, 0.3) is 143 Å². The molecule has 0 aliphatic carbocycles. The molecule has 1 radical (unpaired) electrons. The van der Waals surface area contributed by atoms with E-state index in [4.69, 9.17) is 9.68 Å². The second-order valence-corrected chi connectivity index (χ2v) is 23.9. The van der Waals surface area contributed by atoms with Gasteiger partial charge in [-0.05, 0) is 167 Å². The smallest absolute Gasteiger partial charge is 0.537 e. The summed E-state index contributed by atoms with van der Waals surface area (Å²) >= 11 is 3.57. The van der Waals surface area contributed by atoms with E-state index in [1.165, 1.54) is 116 Å². The lowest BCUT2D eigenvalue weighted by atomic mass is 10.0. The van der Waals surface area contributed by atoms with Gasteiger partial charge in [-0.25, -0.2) is 0 Å². The Balaban J connectivity index is 0.000000120. The summed E-state index contributed by atoms with van der Waals surface area (Å²) in [5, 5.41) is 18.8. The van der Waals surface area contributed by atoms with Gasteiger partial charge in [0.25, 0.3) is 0 Å². The second kappa shape index (κ2) is 24.2. The van der Waals surface area contributed by atoms with Gasteiger partial charge < -0.3 is 27.9 Å². The molecule has 0 spiro atoms. The fourth-order valence-electron chi connectivity index (χ4n) is 13.5. The van der Waals surface area contributed by atoms with E-state index in [2.05, 4.69) is 338 Å². The van der Waals surface area contributed by atoms with Crippen LogP contribution in [0, 0.1) is 0 Å². The molecule has 4 heterocycles. The summed E-state index contributed by atoms with van der Waals surface area (Å²) in [5.41, 5.74) is 21.5. The summed E-state index contributed by atoms with van der Waals surface area (Å²) in [7, 11) is 0.711. The van der Waals surface area contributed by atoms with Crippen LogP contribution in [0.5, 0.6) is 5.75 Å². The van der Waals surface area contributed by atoms with Crippen molar-refractivity contribution in [3.05, 3.63) is 344 Å². The van der Waals surface area contributed by atoms with Crippen molar-refractivity contribution in [1.82, 2.24) is 18.3 Å². The van der Waals surface area contributed by atoms with Crippen molar-refractivity contribution in [3.63, 3.8) is 0 Å². The van der Waals surface area contributed by atoms with Gasteiger partial charge in [-0.2, -0.15) is 0 Å². The van der Waals surface area contributed by atoms with Gasteiger partial charge in [-0.1, -0.05) is 222 Å². The minimum atomic E-state index is 0.609. The first-order valence-electron chi connectivity index (χ1n) is 30.9. The van der Waals surface area contributed by atoms with Gasteiger partial charge in [0.05, 0.1) is 44.1 Å². The summed E-state index contributed by atoms with van der Waals surface area (Å²) in [6.07, 6.45) is 0. The molecule has 4 aromatic heterocycles. The molecule has 0 aliphatic rings. The molecule has 0 saturated carbocycles. The molecule has 18 rings (SSSR count). The molecule has 0 aliphatic heterocycles. The first kappa shape index (κ1) is 55.9. The molecule has 92 heavy (non-hydrogen) atoms. The molecule has 18 aromatic rings. The summed E-state index contributed by atoms with van der Waals surface area (Å²) in [5.74, 6) is 0.609.